The molecule has 0 atom stereocenters. The molecule has 2 aromatic rings. The smallest absolute Gasteiger partial charge is 0.163 e. The predicted octanol–water partition coefficient (Wildman–Crippen LogP) is 4.35. The fourth-order valence-corrected chi connectivity index (χ4v) is 2.57. The van der Waals surface area contributed by atoms with Crippen molar-refractivity contribution in [3.05, 3.63) is 47.8 Å². The van der Waals surface area contributed by atoms with E-state index in [9.17, 15) is 9.18 Å². The summed E-state index contributed by atoms with van der Waals surface area (Å²) >= 11 is 0. The summed E-state index contributed by atoms with van der Waals surface area (Å²) < 4.78 is 13.7. The molecule has 0 unspecified atom stereocenters. The van der Waals surface area contributed by atoms with Gasteiger partial charge in [-0.05, 0) is 23.4 Å². The molecule has 92 valence electrons. The van der Waals surface area contributed by atoms with Gasteiger partial charge in [0.25, 0.3) is 0 Å². The van der Waals surface area contributed by atoms with E-state index in [2.05, 4.69) is 0 Å². The first-order valence-electron chi connectivity index (χ1n) is 6.46. The maximum Gasteiger partial charge on any atom is 0.163 e. The van der Waals surface area contributed by atoms with Crippen LogP contribution in [0.2, 0.25) is 0 Å². The van der Waals surface area contributed by atoms with Gasteiger partial charge in [-0.25, -0.2) is 4.39 Å². The Balaban J connectivity index is 2.00. The highest BCUT2D eigenvalue weighted by atomic mass is 19.1. The minimum Gasteiger partial charge on any atom is -0.294 e. The second-order valence-corrected chi connectivity index (χ2v) is 5.06. The predicted molar refractivity (Wildman–Crippen MR) is 70.2 cm³/mol. The van der Waals surface area contributed by atoms with Crippen LogP contribution in [0.3, 0.4) is 0 Å². The number of benzene rings is 2. The quantitative estimate of drug-likeness (QED) is 0.731. The molecular weight excluding hydrogens is 227 g/mol. The molecule has 1 saturated carbocycles. The number of halogens is 1. The average Bonchev–Trinajstić information content (AvgIpc) is 2.34. The first kappa shape index (κ1) is 11.4. The number of fused-ring (bicyclic) bond motifs is 1. The lowest BCUT2D eigenvalue weighted by atomic mass is 9.80. The Hall–Kier alpha value is -1.70. The molecule has 0 N–H and O–H groups in total. The monoisotopic (exact) mass is 242 g/mol. The third-order valence-electron chi connectivity index (χ3n) is 3.87. The second-order valence-electron chi connectivity index (χ2n) is 5.06. The van der Waals surface area contributed by atoms with Crippen molar-refractivity contribution in [2.45, 2.75) is 25.7 Å². The minimum atomic E-state index is -0.259. The average molecular weight is 242 g/mol. The number of Topliss-reactive ketones (excluding diaryl/α,β-unsaturated/α-hetero) is 1. The van der Waals surface area contributed by atoms with E-state index < -0.39 is 0 Å². The van der Waals surface area contributed by atoms with Crippen LogP contribution in [0.25, 0.3) is 10.8 Å². The van der Waals surface area contributed by atoms with Crippen molar-refractivity contribution in [3.63, 3.8) is 0 Å². The van der Waals surface area contributed by atoms with E-state index >= 15 is 0 Å². The molecule has 1 nitrogen and oxygen atoms in total. The van der Waals surface area contributed by atoms with Crippen LogP contribution in [0.15, 0.2) is 36.4 Å². The standard InChI is InChI=1S/C16H15FO/c17-15-9-8-14(12-6-1-2-7-13(12)15)16(18)10-11-4-3-5-11/h1-2,6-9,11H,3-5,10H2. The summed E-state index contributed by atoms with van der Waals surface area (Å²) in [4.78, 5) is 12.3. The van der Waals surface area contributed by atoms with E-state index in [1.54, 1.807) is 18.2 Å². The van der Waals surface area contributed by atoms with Gasteiger partial charge in [0.2, 0.25) is 0 Å². The van der Waals surface area contributed by atoms with Crippen LogP contribution in [0.4, 0.5) is 4.39 Å². The Bertz CT molecular complexity index is 599. The van der Waals surface area contributed by atoms with Crippen molar-refractivity contribution in [3.8, 4) is 0 Å². The van der Waals surface area contributed by atoms with E-state index in [-0.39, 0.29) is 11.6 Å². The topological polar surface area (TPSA) is 17.1 Å². The zero-order chi connectivity index (χ0) is 12.5. The molecule has 0 heterocycles. The Morgan fingerprint density at radius 3 is 2.50 bits per heavy atom. The SMILES string of the molecule is O=C(CC1CCC1)c1ccc(F)c2ccccc12. The summed E-state index contributed by atoms with van der Waals surface area (Å²) in [5.74, 6) is 0.433. The third-order valence-corrected chi connectivity index (χ3v) is 3.87. The first-order valence-corrected chi connectivity index (χ1v) is 6.46. The largest absolute Gasteiger partial charge is 0.294 e. The highest BCUT2D eigenvalue weighted by molar-refractivity contribution is 6.08. The van der Waals surface area contributed by atoms with Crippen LogP contribution in [0, 0.1) is 11.7 Å². The molecule has 0 bridgehead atoms. The molecule has 0 aromatic heterocycles. The maximum atomic E-state index is 13.7. The molecule has 0 aliphatic heterocycles. The number of hydrogen-bond acceptors (Lipinski definition) is 1. The Morgan fingerprint density at radius 1 is 1.11 bits per heavy atom. The van der Waals surface area contributed by atoms with Gasteiger partial charge in [-0.3, -0.25) is 4.79 Å². The van der Waals surface area contributed by atoms with Crippen molar-refractivity contribution < 1.29 is 9.18 Å². The van der Waals surface area contributed by atoms with Crippen LogP contribution >= 0.6 is 0 Å². The molecule has 0 radical (unpaired) electrons. The lowest BCUT2D eigenvalue weighted by Crippen LogP contribution is -2.16. The molecule has 18 heavy (non-hydrogen) atoms. The summed E-state index contributed by atoms with van der Waals surface area (Å²) in [5.41, 5.74) is 0.666. The van der Waals surface area contributed by atoms with E-state index in [0.29, 0.717) is 23.3 Å². The fourth-order valence-electron chi connectivity index (χ4n) is 2.57. The van der Waals surface area contributed by atoms with Gasteiger partial charge in [0.05, 0.1) is 0 Å². The number of rotatable bonds is 3. The maximum absolute atomic E-state index is 13.7. The van der Waals surface area contributed by atoms with Crippen LogP contribution in [0.5, 0.6) is 0 Å². The summed E-state index contributed by atoms with van der Waals surface area (Å²) in [6.45, 7) is 0. The first-order chi connectivity index (χ1) is 8.75. The molecule has 2 heteroatoms. The van der Waals surface area contributed by atoms with Crippen molar-refractivity contribution in [2.75, 3.05) is 0 Å². The minimum absolute atomic E-state index is 0.149. The molecule has 3 rings (SSSR count). The van der Waals surface area contributed by atoms with E-state index in [1.165, 1.54) is 12.5 Å². The van der Waals surface area contributed by atoms with E-state index in [4.69, 9.17) is 0 Å². The summed E-state index contributed by atoms with van der Waals surface area (Å²) in [7, 11) is 0. The van der Waals surface area contributed by atoms with Gasteiger partial charge < -0.3 is 0 Å². The van der Waals surface area contributed by atoms with Crippen LogP contribution in [0.1, 0.15) is 36.0 Å². The zero-order valence-corrected chi connectivity index (χ0v) is 10.2. The van der Waals surface area contributed by atoms with Gasteiger partial charge in [0.1, 0.15) is 5.82 Å². The normalized spacial score (nSPS) is 15.6. The van der Waals surface area contributed by atoms with Crippen molar-refractivity contribution >= 4 is 16.6 Å². The van der Waals surface area contributed by atoms with Crippen molar-refractivity contribution in [1.82, 2.24) is 0 Å². The number of carbonyl (C=O) groups excluding carboxylic acids is 1. The van der Waals surface area contributed by atoms with Crippen LogP contribution in [-0.2, 0) is 0 Å². The van der Waals surface area contributed by atoms with Crippen molar-refractivity contribution in [2.24, 2.45) is 5.92 Å². The molecule has 0 spiro atoms. The lowest BCUT2D eigenvalue weighted by Gasteiger charge is -2.24. The van der Waals surface area contributed by atoms with Gasteiger partial charge in [0.15, 0.2) is 5.78 Å². The Morgan fingerprint density at radius 2 is 1.83 bits per heavy atom. The fraction of sp³-hybridized carbons (Fsp3) is 0.312. The van der Waals surface area contributed by atoms with Gasteiger partial charge in [0, 0.05) is 17.4 Å². The number of hydrogen-bond donors (Lipinski definition) is 0. The van der Waals surface area contributed by atoms with Crippen LogP contribution in [-0.4, -0.2) is 5.78 Å². The molecular formula is C16H15FO. The Kier molecular flexibility index (Phi) is 2.86. The summed E-state index contributed by atoms with van der Waals surface area (Å²) in [6, 6.07) is 10.2. The van der Waals surface area contributed by atoms with Gasteiger partial charge in [-0.15, -0.1) is 0 Å². The molecule has 1 aliphatic carbocycles. The van der Waals surface area contributed by atoms with Crippen molar-refractivity contribution in [1.29, 1.82) is 0 Å². The van der Waals surface area contributed by atoms with E-state index in [1.807, 2.05) is 12.1 Å². The molecule has 0 amide bonds. The lowest BCUT2D eigenvalue weighted by molar-refractivity contribution is 0.0938. The molecule has 0 saturated heterocycles. The molecule has 1 aliphatic rings. The Labute approximate surface area is 106 Å². The highest BCUT2D eigenvalue weighted by Crippen LogP contribution is 2.32. The van der Waals surface area contributed by atoms with Gasteiger partial charge in [-0.1, -0.05) is 43.5 Å². The van der Waals surface area contributed by atoms with Gasteiger partial charge in [-0.2, -0.15) is 0 Å². The molecule has 1 fully saturated rings. The van der Waals surface area contributed by atoms with Crippen LogP contribution < -0.4 is 0 Å². The molecule has 2 aromatic carbocycles. The number of carbonyl (C=O) groups is 1. The summed E-state index contributed by atoms with van der Waals surface area (Å²) in [6.07, 6.45) is 4.16. The zero-order valence-electron chi connectivity index (χ0n) is 10.2. The highest BCUT2D eigenvalue weighted by Gasteiger charge is 2.22. The second kappa shape index (κ2) is 4.52. The summed E-state index contributed by atoms with van der Waals surface area (Å²) in [5, 5.41) is 1.28. The third kappa shape index (κ3) is 1.92. The van der Waals surface area contributed by atoms with E-state index in [0.717, 1.165) is 18.2 Å². The number of ketones is 1. The van der Waals surface area contributed by atoms with Gasteiger partial charge >= 0.3 is 0 Å².